The highest BCUT2D eigenvalue weighted by Gasteiger charge is 2.31. The summed E-state index contributed by atoms with van der Waals surface area (Å²) in [7, 11) is 0. The highest BCUT2D eigenvalue weighted by Crippen LogP contribution is 2.30. The Kier molecular flexibility index (Phi) is 3.98. The Labute approximate surface area is 148 Å². The van der Waals surface area contributed by atoms with Crippen molar-refractivity contribution in [3.8, 4) is 0 Å². The first-order chi connectivity index (χ1) is 12.4. The lowest BCUT2D eigenvalue weighted by Gasteiger charge is -2.07. The van der Waals surface area contributed by atoms with Crippen LogP contribution in [0.2, 0.25) is 0 Å². The van der Waals surface area contributed by atoms with Crippen molar-refractivity contribution in [1.82, 2.24) is 19.2 Å². The minimum atomic E-state index is -4.44. The third-order valence-corrected chi connectivity index (χ3v) is 4.74. The molecule has 0 fully saturated rings. The second-order valence-electron chi connectivity index (χ2n) is 5.46. The van der Waals surface area contributed by atoms with E-state index in [1.807, 2.05) is 0 Å². The van der Waals surface area contributed by atoms with E-state index in [-0.39, 0.29) is 0 Å². The van der Waals surface area contributed by atoms with Gasteiger partial charge in [0.1, 0.15) is 0 Å². The van der Waals surface area contributed by atoms with Crippen LogP contribution in [0.4, 0.5) is 13.2 Å². The molecule has 0 saturated carbocycles. The molecule has 134 valence electrons. The van der Waals surface area contributed by atoms with Crippen LogP contribution >= 0.6 is 11.8 Å². The predicted octanol–water partition coefficient (Wildman–Crippen LogP) is 3.45. The van der Waals surface area contributed by atoms with Gasteiger partial charge in [0.05, 0.1) is 11.1 Å². The molecule has 4 rings (SSSR count). The minimum absolute atomic E-state index is 0.325. The number of rotatable bonds is 4. The molecule has 3 aromatic heterocycles. The van der Waals surface area contributed by atoms with Crippen LogP contribution in [0, 0.1) is 0 Å². The molecule has 4 aromatic rings. The van der Waals surface area contributed by atoms with Gasteiger partial charge in [-0.2, -0.15) is 13.2 Å². The van der Waals surface area contributed by atoms with Crippen molar-refractivity contribution in [1.29, 1.82) is 0 Å². The fourth-order valence-electron chi connectivity index (χ4n) is 2.59. The fraction of sp³-hybridized carbons (Fsp3) is 0.188. The van der Waals surface area contributed by atoms with Crippen LogP contribution in [-0.4, -0.2) is 24.9 Å². The molecule has 0 N–H and O–H groups in total. The maximum Gasteiger partial charge on any atom is 0.419 e. The molecule has 0 spiro atoms. The molecule has 1 aromatic carbocycles. The number of hydrogen-bond donors (Lipinski definition) is 0. The number of alkyl halides is 3. The Bertz CT molecular complexity index is 1150. The maximum absolute atomic E-state index is 12.9. The van der Waals surface area contributed by atoms with Crippen LogP contribution in [-0.2, 0) is 12.7 Å². The molecule has 26 heavy (non-hydrogen) atoms. The lowest BCUT2D eigenvalue weighted by atomic mass is 10.3. The van der Waals surface area contributed by atoms with Gasteiger partial charge in [0, 0.05) is 18.5 Å². The maximum atomic E-state index is 12.9. The van der Waals surface area contributed by atoms with E-state index in [1.165, 1.54) is 26.8 Å². The van der Waals surface area contributed by atoms with Gasteiger partial charge >= 0.3 is 11.9 Å². The van der Waals surface area contributed by atoms with Crippen molar-refractivity contribution in [2.24, 2.45) is 0 Å². The number of thioether (sulfide) groups is 1. The molecule has 3 heterocycles. The van der Waals surface area contributed by atoms with Crippen molar-refractivity contribution in [2.45, 2.75) is 17.9 Å². The molecular formula is C16H11F3N4O2S. The predicted molar refractivity (Wildman–Crippen MR) is 89.2 cm³/mol. The van der Waals surface area contributed by atoms with E-state index in [4.69, 9.17) is 4.42 Å². The van der Waals surface area contributed by atoms with Crippen LogP contribution in [0.3, 0.4) is 0 Å². The van der Waals surface area contributed by atoms with Crippen molar-refractivity contribution in [2.75, 3.05) is 5.75 Å². The van der Waals surface area contributed by atoms with Gasteiger partial charge in [0.2, 0.25) is 0 Å². The molecule has 0 atom stereocenters. The molecule has 0 aliphatic carbocycles. The lowest BCUT2D eigenvalue weighted by Crippen LogP contribution is -2.15. The van der Waals surface area contributed by atoms with Gasteiger partial charge < -0.3 is 4.42 Å². The Morgan fingerprint density at radius 2 is 1.92 bits per heavy atom. The summed E-state index contributed by atoms with van der Waals surface area (Å²) in [5.41, 5.74) is 0.712. The van der Waals surface area contributed by atoms with Gasteiger partial charge in [-0.25, -0.2) is 4.79 Å². The van der Waals surface area contributed by atoms with Crippen molar-refractivity contribution in [3.63, 3.8) is 0 Å². The highest BCUT2D eigenvalue weighted by atomic mass is 32.2. The first kappa shape index (κ1) is 16.7. The number of halogens is 3. The zero-order chi connectivity index (χ0) is 18.3. The first-order valence-corrected chi connectivity index (χ1v) is 8.55. The summed E-state index contributed by atoms with van der Waals surface area (Å²) in [6, 6.07) is 9.28. The standard InChI is InChI=1S/C16H11F3N4O2S/c17-16(18,19)10-5-6-13-20-21-14(23(13)9-10)26-8-7-22-11-3-1-2-4-12(11)25-15(22)24/h1-6,9H,7-8H2. The Balaban J connectivity index is 1.56. The van der Waals surface area contributed by atoms with Gasteiger partial charge in [0.25, 0.3) is 0 Å². The monoisotopic (exact) mass is 380 g/mol. The van der Waals surface area contributed by atoms with E-state index in [0.29, 0.717) is 34.2 Å². The van der Waals surface area contributed by atoms with E-state index in [0.717, 1.165) is 12.3 Å². The lowest BCUT2D eigenvalue weighted by molar-refractivity contribution is -0.137. The van der Waals surface area contributed by atoms with Crippen LogP contribution in [0.25, 0.3) is 16.7 Å². The summed E-state index contributed by atoms with van der Waals surface area (Å²) in [6.45, 7) is 0.328. The van der Waals surface area contributed by atoms with Crippen molar-refractivity contribution >= 4 is 28.5 Å². The van der Waals surface area contributed by atoms with Gasteiger partial charge in [-0.1, -0.05) is 23.9 Å². The van der Waals surface area contributed by atoms with Crippen LogP contribution in [0.15, 0.2) is 57.0 Å². The Hall–Kier alpha value is -2.75. The smallest absolute Gasteiger partial charge is 0.408 e. The van der Waals surface area contributed by atoms with Gasteiger partial charge in [-0.15, -0.1) is 10.2 Å². The number of aryl methyl sites for hydroxylation is 1. The summed E-state index contributed by atoms with van der Waals surface area (Å²) in [5.74, 6) is -0.0576. The number of nitrogens with zero attached hydrogens (tertiary/aromatic N) is 4. The highest BCUT2D eigenvalue weighted by molar-refractivity contribution is 7.99. The number of oxazole rings is 1. The number of para-hydroxylation sites is 2. The number of benzene rings is 1. The number of aromatic nitrogens is 4. The second kappa shape index (κ2) is 6.20. The van der Waals surface area contributed by atoms with E-state index < -0.39 is 17.5 Å². The second-order valence-corrected chi connectivity index (χ2v) is 6.52. The number of fused-ring (bicyclic) bond motifs is 2. The summed E-state index contributed by atoms with van der Waals surface area (Å²) >= 11 is 1.21. The van der Waals surface area contributed by atoms with Crippen LogP contribution < -0.4 is 5.76 Å². The van der Waals surface area contributed by atoms with Gasteiger partial charge in [-0.3, -0.25) is 8.97 Å². The molecule has 0 aliphatic rings. The van der Waals surface area contributed by atoms with Gasteiger partial charge in [0.15, 0.2) is 16.4 Å². The Morgan fingerprint density at radius 1 is 1.12 bits per heavy atom. The van der Waals surface area contributed by atoms with E-state index in [1.54, 1.807) is 24.3 Å². The molecule has 0 bridgehead atoms. The normalized spacial score (nSPS) is 12.3. The first-order valence-electron chi connectivity index (χ1n) is 7.56. The SMILES string of the molecule is O=c1oc2ccccc2n1CCSc1nnc2ccc(C(F)(F)F)cn12. The quantitative estimate of drug-likeness (QED) is 0.508. The summed E-state index contributed by atoms with van der Waals surface area (Å²) < 4.78 is 46.5. The summed E-state index contributed by atoms with van der Waals surface area (Å²) in [5, 5.41) is 8.11. The molecule has 6 nitrogen and oxygen atoms in total. The summed E-state index contributed by atoms with van der Waals surface area (Å²) in [4.78, 5) is 11.9. The van der Waals surface area contributed by atoms with Gasteiger partial charge in [-0.05, 0) is 24.3 Å². The van der Waals surface area contributed by atoms with E-state index in [2.05, 4.69) is 10.2 Å². The third kappa shape index (κ3) is 2.96. The van der Waals surface area contributed by atoms with Crippen molar-refractivity contribution < 1.29 is 17.6 Å². The summed E-state index contributed by atoms with van der Waals surface area (Å²) in [6.07, 6.45) is -3.47. The third-order valence-electron chi connectivity index (χ3n) is 3.82. The van der Waals surface area contributed by atoms with Crippen LogP contribution in [0.5, 0.6) is 0 Å². The minimum Gasteiger partial charge on any atom is -0.408 e. The fourth-order valence-corrected chi connectivity index (χ4v) is 3.43. The molecular weight excluding hydrogens is 369 g/mol. The van der Waals surface area contributed by atoms with Crippen LogP contribution in [0.1, 0.15) is 5.56 Å². The van der Waals surface area contributed by atoms with E-state index in [9.17, 15) is 18.0 Å². The molecule has 0 radical (unpaired) electrons. The Morgan fingerprint density at radius 3 is 2.73 bits per heavy atom. The molecule has 0 amide bonds. The zero-order valence-corrected chi connectivity index (χ0v) is 13.9. The number of pyridine rings is 1. The molecule has 0 saturated heterocycles. The topological polar surface area (TPSA) is 65.3 Å². The molecule has 0 unspecified atom stereocenters. The average Bonchev–Trinajstić information content (AvgIpc) is 3.15. The van der Waals surface area contributed by atoms with E-state index >= 15 is 0 Å². The van der Waals surface area contributed by atoms with Crippen molar-refractivity contribution in [3.05, 3.63) is 58.7 Å². The molecule has 0 aliphatic heterocycles. The molecule has 10 heteroatoms. The zero-order valence-electron chi connectivity index (χ0n) is 13.1. The average molecular weight is 380 g/mol. The largest absolute Gasteiger partial charge is 0.419 e. The number of hydrogen-bond acceptors (Lipinski definition) is 5.